The third-order valence-corrected chi connectivity index (χ3v) is 7.09. The number of hydrogen-bond acceptors (Lipinski definition) is 2. The van der Waals surface area contributed by atoms with Crippen molar-refractivity contribution in [1.29, 1.82) is 0 Å². The zero-order valence-corrected chi connectivity index (χ0v) is 24.5. The molecule has 1 unspecified atom stereocenters. The topological polar surface area (TPSA) is 46.5 Å². The summed E-state index contributed by atoms with van der Waals surface area (Å²) in [5.74, 6) is -2.04. The highest BCUT2D eigenvalue weighted by Crippen LogP contribution is 2.33. The fraction of sp³-hybridized carbons (Fsp3) is 0.457. The molecule has 0 aliphatic carbocycles. The molecule has 0 radical (unpaired) electrons. The maximum atomic E-state index is 12.8. The molecule has 0 heterocycles. The Morgan fingerprint density at radius 1 is 0.732 bits per heavy atom. The molecule has 3 rings (SSSR count). The molecular weight excluding hydrogens is 525 g/mol. The summed E-state index contributed by atoms with van der Waals surface area (Å²) in [7, 11) is 0. The van der Waals surface area contributed by atoms with Crippen LogP contribution in [0.15, 0.2) is 78.9 Å². The van der Waals surface area contributed by atoms with E-state index in [-0.39, 0.29) is 25.0 Å². The van der Waals surface area contributed by atoms with Crippen LogP contribution in [0, 0.1) is 5.92 Å². The number of carbonyl (C=O) groups is 1. The van der Waals surface area contributed by atoms with E-state index >= 15 is 0 Å². The fourth-order valence-corrected chi connectivity index (χ4v) is 4.54. The second kappa shape index (κ2) is 19.0. The average Bonchev–Trinajstić information content (AvgIpc) is 2.97. The molecule has 0 aliphatic heterocycles. The number of unbranched alkanes of at least 4 members (excludes halogenated alkanes) is 6. The maximum Gasteiger partial charge on any atom is 0.391 e. The number of halogens is 3. The van der Waals surface area contributed by atoms with Crippen LogP contribution in [0.5, 0.6) is 5.75 Å². The summed E-state index contributed by atoms with van der Waals surface area (Å²) in [6.07, 6.45) is 6.54. The van der Waals surface area contributed by atoms with E-state index in [2.05, 4.69) is 61.5 Å². The van der Waals surface area contributed by atoms with E-state index in [1.54, 1.807) is 0 Å². The molecule has 3 aromatic rings. The first-order valence-corrected chi connectivity index (χ1v) is 14.9. The van der Waals surface area contributed by atoms with E-state index in [9.17, 15) is 18.0 Å². The Labute approximate surface area is 243 Å². The highest BCUT2D eigenvalue weighted by Gasteiger charge is 2.38. The predicted molar refractivity (Wildman–Crippen MR) is 162 cm³/mol. The van der Waals surface area contributed by atoms with E-state index in [1.165, 1.54) is 85.9 Å². The minimum Gasteiger partial charge on any atom is -0.494 e. The predicted octanol–water partition coefficient (Wildman–Crippen LogP) is 10.8. The molecule has 6 heteroatoms. The molecule has 0 aliphatic rings. The second-order valence-corrected chi connectivity index (χ2v) is 10.4. The molecule has 3 nitrogen and oxygen atoms in total. The Kier molecular flexibility index (Phi) is 15.7. The van der Waals surface area contributed by atoms with Gasteiger partial charge in [0.1, 0.15) is 5.75 Å². The summed E-state index contributed by atoms with van der Waals surface area (Å²) in [5.41, 5.74) is 4.20. The van der Waals surface area contributed by atoms with Crippen LogP contribution in [-0.2, 0) is 6.42 Å². The van der Waals surface area contributed by atoms with Gasteiger partial charge in [0.25, 0.3) is 0 Å². The number of carboxylic acid groups (broad SMARTS) is 1. The summed E-state index contributed by atoms with van der Waals surface area (Å²) in [5, 5.41) is 8.73. The zero-order valence-electron chi connectivity index (χ0n) is 24.5. The minimum atomic E-state index is -4.20. The van der Waals surface area contributed by atoms with Crippen LogP contribution in [0.1, 0.15) is 94.0 Å². The van der Waals surface area contributed by atoms with Crippen molar-refractivity contribution in [3.8, 4) is 16.9 Å². The number of rotatable bonds is 16. The van der Waals surface area contributed by atoms with E-state index in [1.807, 2.05) is 6.92 Å². The highest BCUT2D eigenvalue weighted by atomic mass is 19.4. The van der Waals surface area contributed by atoms with Crippen molar-refractivity contribution in [1.82, 2.24) is 0 Å². The average molecular weight is 571 g/mol. The summed E-state index contributed by atoms with van der Waals surface area (Å²) in [6, 6.07) is 25.3. The van der Waals surface area contributed by atoms with Crippen molar-refractivity contribution in [2.24, 2.45) is 5.92 Å². The van der Waals surface area contributed by atoms with Gasteiger partial charge in [-0.1, -0.05) is 113 Å². The Balaban J connectivity index is 0.000000287. The van der Waals surface area contributed by atoms with Gasteiger partial charge in [-0.05, 0) is 66.6 Å². The number of aryl methyl sites for hydroxylation is 1. The molecule has 0 aromatic heterocycles. The van der Waals surface area contributed by atoms with Crippen molar-refractivity contribution < 1.29 is 27.8 Å². The quantitative estimate of drug-likeness (QED) is 0.174. The zero-order chi connectivity index (χ0) is 29.9. The lowest BCUT2D eigenvalue weighted by atomic mass is 9.98. The van der Waals surface area contributed by atoms with Crippen molar-refractivity contribution in [3.05, 3.63) is 90.0 Å². The molecule has 1 atom stereocenters. The van der Waals surface area contributed by atoms with Gasteiger partial charge >= 0.3 is 12.1 Å². The summed E-state index contributed by atoms with van der Waals surface area (Å²) >= 11 is 0. The number of ether oxygens (including phenoxy) is 1. The molecule has 41 heavy (non-hydrogen) atoms. The molecule has 1 N–H and O–H groups in total. The molecular formula is C35H45F3O3. The monoisotopic (exact) mass is 570 g/mol. The van der Waals surface area contributed by atoms with Crippen LogP contribution >= 0.6 is 0 Å². The molecule has 224 valence electrons. The van der Waals surface area contributed by atoms with Crippen LogP contribution in [-0.4, -0.2) is 23.9 Å². The lowest BCUT2D eigenvalue weighted by Gasteiger charge is -2.20. The summed E-state index contributed by atoms with van der Waals surface area (Å²) in [6.45, 7) is 4.09. The Morgan fingerprint density at radius 3 is 1.90 bits per heavy atom. The number of alkyl halides is 3. The first kappa shape index (κ1) is 33.9. The van der Waals surface area contributed by atoms with Crippen molar-refractivity contribution >= 4 is 5.97 Å². The molecule has 0 amide bonds. The van der Waals surface area contributed by atoms with E-state index < -0.39 is 18.1 Å². The van der Waals surface area contributed by atoms with Gasteiger partial charge in [-0.15, -0.1) is 0 Å². The van der Waals surface area contributed by atoms with Crippen LogP contribution in [0.3, 0.4) is 0 Å². The maximum absolute atomic E-state index is 12.8. The summed E-state index contributed by atoms with van der Waals surface area (Å²) in [4.78, 5) is 10.7. The van der Waals surface area contributed by atoms with E-state index in [4.69, 9.17) is 9.84 Å². The second-order valence-electron chi connectivity index (χ2n) is 10.4. The molecule has 3 aromatic carbocycles. The molecule has 0 bridgehead atoms. The minimum absolute atomic E-state index is 0.0414. The van der Waals surface area contributed by atoms with Crippen LogP contribution in [0.2, 0.25) is 0 Å². The summed E-state index contributed by atoms with van der Waals surface area (Å²) < 4.78 is 43.6. The van der Waals surface area contributed by atoms with Gasteiger partial charge in [0.2, 0.25) is 0 Å². The van der Waals surface area contributed by atoms with E-state index in [0.717, 1.165) is 6.42 Å². The van der Waals surface area contributed by atoms with Crippen LogP contribution in [0.4, 0.5) is 13.2 Å². The van der Waals surface area contributed by atoms with Gasteiger partial charge in [0.15, 0.2) is 0 Å². The van der Waals surface area contributed by atoms with Crippen molar-refractivity contribution in [3.63, 3.8) is 0 Å². The SMILES string of the molecule is CCCCC(CCOc1ccc(C(=O)O)cc1)C(F)(F)F.CCCCCCCCc1ccc(-c2ccccc2)cc1. The Hall–Kier alpha value is -3.28. The van der Waals surface area contributed by atoms with Crippen LogP contribution < -0.4 is 4.74 Å². The standard InChI is InChI=1S/C20H26.C15H19F3O3/c1-2-3-4-5-6-8-11-18-14-16-20(17-15-18)19-12-9-7-10-13-19;1-2-3-4-12(15(16,17)18)9-10-21-13-7-5-11(6-8-13)14(19)20/h7,9-10,12-17H,2-6,8,11H2,1H3;5-8,12H,2-4,9-10H2,1H3,(H,19,20). The van der Waals surface area contributed by atoms with Gasteiger partial charge in [0.05, 0.1) is 18.1 Å². The smallest absolute Gasteiger partial charge is 0.391 e. The van der Waals surface area contributed by atoms with E-state index in [0.29, 0.717) is 12.2 Å². The van der Waals surface area contributed by atoms with Gasteiger partial charge in [0, 0.05) is 0 Å². The number of carboxylic acids is 1. The van der Waals surface area contributed by atoms with Gasteiger partial charge in [-0.3, -0.25) is 0 Å². The van der Waals surface area contributed by atoms with Gasteiger partial charge in [-0.2, -0.15) is 13.2 Å². The Morgan fingerprint density at radius 2 is 1.32 bits per heavy atom. The number of aromatic carboxylic acids is 1. The third-order valence-electron chi connectivity index (χ3n) is 7.09. The molecule has 0 saturated carbocycles. The third kappa shape index (κ3) is 13.8. The van der Waals surface area contributed by atoms with Gasteiger partial charge < -0.3 is 9.84 Å². The molecule has 0 fully saturated rings. The number of benzene rings is 3. The van der Waals surface area contributed by atoms with Crippen molar-refractivity contribution in [2.45, 2.75) is 90.7 Å². The molecule has 0 saturated heterocycles. The lowest BCUT2D eigenvalue weighted by Crippen LogP contribution is -2.24. The van der Waals surface area contributed by atoms with Crippen LogP contribution in [0.25, 0.3) is 11.1 Å². The fourth-order valence-electron chi connectivity index (χ4n) is 4.54. The first-order valence-electron chi connectivity index (χ1n) is 14.9. The molecule has 0 spiro atoms. The Bertz CT molecular complexity index is 1090. The first-order chi connectivity index (χ1) is 19.7. The lowest BCUT2D eigenvalue weighted by molar-refractivity contribution is -0.179. The van der Waals surface area contributed by atoms with Crippen molar-refractivity contribution in [2.75, 3.05) is 6.61 Å². The highest BCUT2D eigenvalue weighted by molar-refractivity contribution is 5.87. The van der Waals surface area contributed by atoms with Gasteiger partial charge in [-0.25, -0.2) is 4.79 Å². The largest absolute Gasteiger partial charge is 0.494 e. The number of hydrogen-bond donors (Lipinski definition) is 1. The normalized spacial score (nSPS) is 11.8.